The number of hydrogen-bond donors (Lipinski definition) is 2. The molecular formula is C13H21N5O. The van der Waals surface area contributed by atoms with Gasteiger partial charge < -0.3 is 21.3 Å². The average Bonchev–Trinajstić information content (AvgIpc) is 2.42. The van der Waals surface area contributed by atoms with Crippen LogP contribution >= 0.6 is 0 Å². The van der Waals surface area contributed by atoms with Crippen LogP contribution < -0.4 is 11.5 Å². The fourth-order valence-corrected chi connectivity index (χ4v) is 2.28. The van der Waals surface area contributed by atoms with Gasteiger partial charge in [0.05, 0.1) is 29.8 Å². The Labute approximate surface area is 113 Å². The Morgan fingerprint density at radius 1 is 1.37 bits per heavy atom. The molecule has 0 atom stereocenters. The van der Waals surface area contributed by atoms with Crippen LogP contribution in [0.15, 0.2) is 12.3 Å². The van der Waals surface area contributed by atoms with E-state index in [1.54, 1.807) is 24.2 Å². The van der Waals surface area contributed by atoms with Crippen LogP contribution in [0.25, 0.3) is 0 Å². The van der Waals surface area contributed by atoms with E-state index in [1.807, 2.05) is 4.90 Å². The van der Waals surface area contributed by atoms with Crippen LogP contribution in [0.5, 0.6) is 0 Å². The van der Waals surface area contributed by atoms with Crippen molar-refractivity contribution in [3.63, 3.8) is 0 Å². The number of rotatable bonds is 2. The van der Waals surface area contributed by atoms with Crippen molar-refractivity contribution in [2.75, 3.05) is 31.6 Å². The second kappa shape index (κ2) is 5.77. The van der Waals surface area contributed by atoms with Gasteiger partial charge in [-0.3, -0.25) is 4.98 Å². The molecular weight excluding hydrogens is 242 g/mol. The smallest absolute Gasteiger partial charge is 0.320 e. The van der Waals surface area contributed by atoms with Crippen molar-refractivity contribution in [1.82, 2.24) is 14.8 Å². The molecule has 1 fully saturated rings. The second-order valence-corrected chi connectivity index (χ2v) is 4.99. The number of nitrogens with two attached hydrogens (primary N) is 2. The molecule has 6 nitrogen and oxygen atoms in total. The Kier molecular flexibility index (Phi) is 4.09. The number of amides is 2. The standard InChI is InChI=1S/C13H21N5O/c1-17(13(19)18-5-3-2-4-6-18)9-12-11(15)7-10(14)8-16-12/h7-8H,2-6,9,14-15H2,1H3. The van der Waals surface area contributed by atoms with Gasteiger partial charge in [-0.05, 0) is 25.3 Å². The highest BCUT2D eigenvalue weighted by Gasteiger charge is 2.20. The fraction of sp³-hybridized carbons (Fsp3) is 0.538. The summed E-state index contributed by atoms with van der Waals surface area (Å²) < 4.78 is 0. The lowest BCUT2D eigenvalue weighted by atomic mass is 10.1. The molecule has 2 heterocycles. The topological polar surface area (TPSA) is 88.5 Å². The first-order chi connectivity index (χ1) is 9.08. The SMILES string of the molecule is CN(Cc1ncc(N)cc1N)C(=O)N1CCCCC1. The maximum atomic E-state index is 12.2. The van der Waals surface area contributed by atoms with Crippen LogP contribution in [0.3, 0.4) is 0 Å². The van der Waals surface area contributed by atoms with Gasteiger partial charge >= 0.3 is 6.03 Å². The van der Waals surface area contributed by atoms with Gasteiger partial charge in [0.1, 0.15) is 0 Å². The van der Waals surface area contributed by atoms with E-state index in [0.717, 1.165) is 25.9 Å². The van der Waals surface area contributed by atoms with Crippen molar-refractivity contribution in [2.24, 2.45) is 0 Å². The minimum absolute atomic E-state index is 0.0396. The zero-order chi connectivity index (χ0) is 13.8. The zero-order valence-electron chi connectivity index (χ0n) is 11.3. The number of carbonyl (C=O) groups excluding carboxylic acids is 1. The molecule has 6 heteroatoms. The Morgan fingerprint density at radius 3 is 2.68 bits per heavy atom. The molecule has 1 saturated heterocycles. The summed E-state index contributed by atoms with van der Waals surface area (Å²) >= 11 is 0. The molecule has 1 aromatic heterocycles. The van der Waals surface area contributed by atoms with E-state index in [2.05, 4.69) is 4.98 Å². The van der Waals surface area contributed by atoms with Crippen LogP contribution in [0.2, 0.25) is 0 Å². The lowest BCUT2D eigenvalue weighted by molar-refractivity contribution is 0.150. The minimum Gasteiger partial charge on any atom is -0.397 e. The quantitative estimate of drug-likeness (QED) is 0.841. The minimum atomic E-state index is 0.0396. The summed E-state index contributed by atoms with van der Waals surface area (Å²) in [5, 5.41) is 0. The van der Waals surface area contributed by atoms with Gasteiger partial charge in [0, 0.05) is 20.1 Å². The number of pyridine rings is 1. The van der Waals surface area contributed by atoms with Crippen molar-refractivity contribution in [3.8, 4) is 0 Å². The van der Waals surface area contributed by atoms with Crippen molar-refractivity contribution < 1.29 is 4.79 Å². The van der Waals surface area contributed by atoms with Gasteiger partial charge in [-0.2, -0.15) is 0 Å². The molecule has 0 saturated carbocycles. The van der Waals surface area contributed by atoms with E-state index in [4.69, 9.17) is 11.5 Å². The lowest BCUT2D eigenvalue weighted by Gasteiger charge is -2.31. The second-order valence-electron chi connectivity index (χ2n) is 4.99. The zero-order valence-corrected chi connectivity index (χ0v) is 11.3. The summed E-state index contributed by atoms with van der Waals surface area (Å²) in [7, 11) is 1.77. The van der Waals surface area contributed by atoms with Gasteiger partial charge in [0.25, 0.3) is 0 Å². The Hall–Kier alpha value is -1.98. The average molecular weight is 263 g/mol. The lowest BCUT2D eigenvalue weighted by Crippen LogP contribution is -2.43. The van der Waals surface area contributed by atoms with Gasteiger partial charge in [-0.25, -0.2) is 4.79 Å². The first-order valence-electron chi connectivity index (χ1n) is 6.58. The van der Waals surface area contributed by atoms with Gasteiger partial charge in [0.15, 0.2) is 0 Å². The van der Waals surface area contributed by atoms with Crippen LogP contribution in [0.4, 0.5) is 16.2 Å². The molecule has 2 rings (SSSR count). The molecule has 0 spiro atoms. The third kappa shape index (κ3) is 3.27. The molecule has 1 aromatic rings. The Morgan fingerprint density at radius 2 is 2.05 bits per heavy atom. The monoisotopic (exact) mass is 263 g/mol. The molecule has 19 heavy (non-hydrogen) atoms. The number of carbonyl (C=O) groups is 1. The van der Waals surface area contributed by atoms with Gasteiger partial charge in [-0.15, -0.1) is 0 Å². The van der Waals surface area contributed by atoms with Crippen molar-refractivity contribution in [1.29, 1.82) is 0 Å². The predicted molar refractivity (Wildman–Crippen MR) is 75.3 cm³/mol. The van der Waals surface area contributed by atoms with E-state index in [1.165, 1.54) is 6.42 Å². The molecule has 0 bridgehead atoms. The predicted octanol–water partition coefficient (Wildman–Crippen LogP) is 1.28. The molecule has 0 radical (unpaired) electrons. The largest absolute Gasteiger partial charge is 0.397 e. The summed E-state index contributed by atoms with van der Waals surface area (Å²) in [6.07, 6.45) is 4.94. The van der Waals surface area contributed by atoms with Crippen molar-refractivity contribution >= 4 is 17.4 Å². The van der Waals surface area contributed by atoms with E-state index in [0.29, 0.717) is 23.6 Å². The highest BCUT2D eigenvalue weighted by Crippen LogP contribution is 2.16. The number of hydrogen-bond acceptors (Lipinski definition) is 4. The first-order valence-corrected chi connectivity index (χ1v) is 6.58. The fourth-order valence-electron chi connectivity index (χ4n) is 2.28. The van der Waals surface area contributed by atoms with E-state index in [-0.39, 0.29) is 6.03 Å². The van der Waals surface area contributed by atoms with Crippen LogP contribution in [-0.2, 0) is 6.54 Å². The third-order valence-electron chi connectivity index (χ3n) is 3.36. The Balaban J connectivity index is 1.99. The van der Waals surface area contributed by atoms with Gasteiger partial charge in [-0.1, -0.05) is 0 Å². The van der Waals surface area contributed by atoms with Crippen molar-refractivity contribution in [2.45, 2.75) is 25.8 Å². The summed E-state index contributed by atoms with van der Waals surface area (Å²) in [5.41, 5.74) is 13.2. The number of aromatic nitrogens is 1. The van der Waals surface area contributed by atoms with Crippen LogP contribution in [-0.4, -0.2) is 41.0 Å². The van der Waals surface area contributed by atoms with E-state index >= 15 is 0 Å². The molecule has 2 amide bonds. The highest BCUT2D eigenvalue weighted by molar-refractivity contribution is 5.74. The van der Waals surface area contributed by atoms with Crippen LogP contribution in [0.1, 0.15) is 25.0 Å². The molecule has 0 aliphatic carbocycles. The summed E-state index contributed by atoms with van der Waals surface area (Å²) in [5.74, 6) is 0. The normalized spacial score (nSPS) is 15.3. The van der Waals surface area contributed by atoms with E-state index < -0.39 is 0 Å². The summed E-state index contributed by atoms with van der Waals surface area (Å²) in [4.78, 5) is 20.0. The highest BCUT2D eigenvalue weighted by atomic mass is 16.2. The number of piperidine rings is 1. The summed E-state index contributed by atoms with van der Waals surface area (Å²) in [6, 6.07) is 1.71. The molecule has 0 aromatic carbocycles. The van der Waals surface area contributed by atoms with Crippen molar-refractivity contribution in [3.05, 3.63) is 18.0 Å². The number of urea groups is 1. The number of anilines is 2. The van der Waals surface area contributed by atoms with Crippen LogP contribution in [0, 0.1) is 0 Å². The molecule has 4 N–H and O–H groups in total. The summed E-state index contributed by atoms with van der Waals surface area (Å²) in [6.45, 7) is 2.09. The first kappa shape index (κ1) is 13.5. The molecule has 1 aliphatic rings. The maximum Gasteiger partial charge on any atom is 0.320 e. The molecule has 104 valence electrons. The molecule has 1 aliphatic heterocycles. The van der Waals surface area contributed by atoms with Gasteiger partial charge in [0.2, 0.25) is 0 Å². The molecule has 0 unspecified atom stereocenters. The maximum absolute atomic E-state index is 12.2. The number of nitrogens with zero attached hydrogens (tertiary/aromatic N) is 3. The van der Waals surface area contributed by atoms with E-state index in [9.17, 15) is 4.79 Å². The third-order valence-corrected chi connectivity index (χ3v) is 3.36. The number of nitrogen functional groups attached to an aromatic ring is 2. The Bertz CT molecular complexity index is 456. The number of likely N-dealkylation sites (tertiary alicyclic amines) is 1.